The Kier molecular flexibility index (Phi) is 4.70. The van der Waals surface area contributed by atoms with Gasteiger partial charge in [0, 0.05) is 48.6 Å². The van der Waals surface area contributed by atoms with Crippen molar-refractivity contribution in [1.82, 2.24) is 9.55 Å². The predicted molar refractivity (Wildman–Crippen MR) is 104 cm³/mol. The average molecular weight is 344 g/mol. The van der Waals surface area contributed by atoms with E-state index < -0.39 is 0 Å². The van der Waals surface area contributed by atoms with Gasteiger partial charge in [-0.2, -0.15) is 0 Å². The van der Waals surface area contributed by atoms with Crippen LogP contribution in [0.2, 0.25) is 0 Å². The van der Waals surface area contributed by atoms with Gasteiger partial charge in [-0.05, 0) is 42.5 Å². The molecule has 1 aliphatic carbocycles. The van der Waals surface area contributed by atoms with Crippen molar-refractivity contribution in [3.05, 3.63) is 77.2 Å². The number of carbonyl (C=O) groups excluding carboxylic acids is 1. The van der Waals surface area contributed by atoms with E-state index in [2.05, 4.69) is 52.9 Å². The number of Topliss-reactive ketones (excluding diaryl/α,β-unsaturated/α-hetero) is 1. The van der Waals surface area contributed by atoms with Crippen LogP contribution in [0.15, 0.2) is 54.9 Å². The van der Waals surface area contributed by atoms with Gasteiger partial charge in [0.1, 0.15) is 0 Å². The smallest absolute Gasteiger partial charge is 0.165 e. The Morgan fingerprint density at radius 2 is 1.81 bits per heavy atom. The first-order valence-electron chi connectivity index (χ1n) is 9.51. The first-order chi connectivity index (χ1) is 12.8. The molecule has 2 heterocycles. The zero-order valence-electron chi connectivity index (χ0n) is 15.2. The van der Waals surface area contributed by atoms with Crippen molar-refractivity contribution in [3.63, 3.8) is 0 Å². The van der Waals surface area contributed by atoms with Crippen LogP contribution < -0.4 is 0 Å². The number of ketones is 1. The lowest BCUT2D eigenvalue weighted by Gasteiger charge is -2.16. The third-order valence-electron chi connectivity index (χ3n) is 5.19. The fraction of sp³-hybridized carbons (Fsp3) is 0.304. The standard InChI is InChI=1S/C23H24N2O/c1-2-15-25-20-9-6-10-21(26)22(20)19(16-17-7-4-3-5-8-17)23(25)18-11-13-24-14-12-18/h3-5,7-8,11-14H,2,6,9-10,15-16H2,1H3. The molecule has 0 amide bonds. The SMILES string of the molecule is CCCn1c2c(c(Cc3ccccc3)c1-c1ccncc1)C(=O)CCC2. The highest BCUT2D eigenvalue weighted by Gasteiger charge is 2.29. The van der Waals surface area contributed by atoms with Gasteiger partial charge >= 0.3 is 0 Å². The van der Waals surface area contributed by atoms with Crippen molar-refractivity contribution in [2.75, 3.05) is 0 Å². The minimum Gasteiger partial charge on any atom is -0.344 e. The molecule has 3 heteroatoms. The van der Waals surface area contributed by atoms with E-state index >= 15 is 0 Å². The minimum atomic E-state index is 0.308. The molecule has 4 rings (SSSR count). The summed E-state index contributed by atoms with van der Waals surface area (Å²) in [5, 5.41) is 0. The van der Waals surface area contributed by atoms with E-state index in [1.165, 1.54) is 22.5 Å². The van der Waals surface area contributed by atoms with Gasteiger partial charge in [0.05, 0.1) is 5.69 Å². The molecular formula is C23H24N2O. The molecule has 0 radical (unpaired) electrons. The first-order valence-corrected chi connectivity index (χ1v) is 9.51. The van der Waals surface area contributed by atoms with Crippen LogP contribution in [0, 0.1) is 0 Å². The lowest BCUT2D eigenvalue weighted by molar-refractivity contribution is 0.0971. The number of aromatic nitrogens is 2. The molecule has 132 valence electrons. The molecule has 0 fully saturated rings. The maximum Gasteiger partial charge on any atom is 0.165 e. The monoisotopic (exact) mass is 344 g/mol. The van der Waals surface area contributed by atoms with Crippen LogP contribution in [0.5, 0.6) is 0 Å². The van der Waals surface area contributed by atoms with Gasteiger partial charge < -0.3 is 4.57 Å². The van der Waals surface area contributed by atoms with Crippen molar-refractivity contribution < 1.29 is 4.79 Å². The van der Waals surface area contributed by atoms with Crippen molar-refractivity contribution in [3.8, 4) is 11.3 Å². The molecule has 0 bridgehead atoms. The van der Waals surface area contributed by atoms with Crippen LogP contribution in [-0.4, -0.2) is 15.3 Å². The number of hydrogen-bond donors (Lipinski definition) is 0. The molecule has 0 spiro atoms. The maximum atomic E-state index is 12.9. The minimum absolute atomic E-state index is 0.308. The summed E-state index contributed by atoms with van der Waals surface area (Å²) in [6, 6.07) is 14.6. The number of benzene rings is 1. The van der Waals surface area contributed by atoms with Crippen molar-refractivity contribution in [2.24, 2.45) is 0 Å². The Hall–Kier alpha value is -2.68. The summed E-state index contributed by atoms with van der Waals surface area (Å²) >= 11 is 0. The molecule has 0 unspecified atom stereocenters. The van der Waals surface area contributed by atoms with E-state index in [4.69, 9.17) is 0 Å². The van der Waals surface area contributed by atoms with Gasteiger partial charge in [-0.1, -0.05) is 37.3 Å². The fourth-order valence-corrected chi connectivity index (χ4v) is 4.14. The summed E-state index contributed by atoms with van der Waals surface area (Å²) in [5.74, 6) is 0.308. The lowest BCUT2D eigenvalue weighted by atomic mass is 9.90. The van der Waals surface area contributed by atoms with Gasteiger partial charge in [0.15, 0.2) is 5.78 Å². The number of fused-ring (bicyclic) bond motifs is 1. The number of pyridine rings is 1. The summed E-state index contributed by atoms with van der Waals surface area (Å²) in [6.45, 7) is 3.15. The molecule has 0 atom stereocenters. The van der Waals surface area contributed by atoms with Crippen LogP contribution in [0.4, 0.5) is 0 Å². The Morgan fingerprint density at radius 1 is 1.04 bits per heavy atom. The van der Waals surface area contributed by atoms with Crippen molar-refractivity contribution in [1.29, 1.82) is 0 Å². The first kappa shape index (κ1) is 16.8. The van der Waals surface area contributed by atoms with Crippen LogP contribution in [0.3, 0.4) is 0 Å². The van der Waals surface area contributed by atoms with E-state index in [1.807, 2.05) is 18.5 Å². The highest BCUT2D eigenvalue weighted by molar-refractivity contribution is 6.01. The predicted octanol–water partition coefficient (Wildman–Crippen LogP) is 5.07. The largest absolute Gasteiger partial charge is 0.344 e. The number of rotatable bonds is 5. The summed E-state index contributed by atoms with van der Waals surface area (Å²) < 4.78 is 2.40. The van der Waals surface area contributed by atoms with Crippen LogP contribution in [0.1, 0.15) is 53.4 Å². The van der Waals surface area contributed by atoms with Crippen LogP contribution >= 0.6 is 0 Å². The van der Waals surface area contributed by atoms with E-state index in [-0.39, 0.29) is 0 Å². The Morgan fingerprint density at radius 3 is 2.54 bits per heavy atom. The number of carbonyl (C=O) groups is 1. The highest BCUT2D eigenvalue weighted by atomic mass is 16.1. The Balaban J connectivity index is 1.96. The molecule has 0 aliphatic heterocycles. The zero-order valence-corrected chi connectivity index (χ0v) is 15.2. The second-order valence-corrected chi connectivity index (χ2v) is 6.98. The quantitative estimate of drug-likeness (QED) is 0.648. The molecule has 2 aromatic heterocycles. The average Bonchev–Trinajstić information content (AvgIpc) is 2.98. The summed E-state index contributed by atoms with van der Waals surface area (Å²) in [7, 11) is 0. The summed E-state index contributed by atoms with van der Waals surface area (Å²) in [5.41, 5.74) is 7.02. The Bertz CT molecular complexity index is 910. The molecule has 0 N–H and O–H groups in total. The van der Waals surface area contributed by atoms with Crippen LogP contribution in [-0.2, 0) is 19.4 Å². The summed E-state index contributed by atoms with van der Waals surface area (Å²) in [4.78, 5) is 17.1. The molecule has 26 heavy (non-hydrogen) atoms. The molecule has 3 nitrogen and oxygen atoms in total. The Labute approximate surface area is 154 Å². The third kappa shape index (κ3) is 2.98. The van der Waals surface area contributed by atoms with Crippen molar-refractivity contribution >= 4 is 5.78 Å². The molecule has 1 aliphatic rings. The van der Waals surface area contributed by atoms with Gasteiger partial charge in [-0.25, -0.2) is 0 Å². The second kappa shape index (κ2) is 7.28. The number of hydrogen-bond acceptors (Lipinski definition) is 2. The van der Waals surface area contributed by atoms with E-state index in [0.717, 1.165) is 43.4 Å². The fourth-order valence-electron chi connectivity index (χ4n) is 4.14. The molecule has 1 aromatic carbocycles. The van der Waals surface area contributed by atoms with Gasteiger partial charge in [-0.15, -0.1) is 0 Å². The molecule has 0 saturated carbocycles. The lowest BCUT2D eigenvalue weighted by Crippen LogP contribution is -2.14. The van der Waals surface area contributed by atoms with E-state index in [0.29, 0.717) is 12.2 Å². The summed E-state index contributed by atoms with van der Waals surface area (Å²) in [6.07, 6.45) is 8.15. The third-order valence-corrected chi connectivity index (χ3v) is 5.19. The van der Waals surface area contributed by atoms with Gasteiger partial charge in [0.25, 0.3) is 0 Å². The van der Waals surface area contributed by atoms with E-state index in [9.17, 15) is 4.79 Å². The van der Waals surface area contributed by atoms with Gasteiger partial charge in [0.2, 0.25) is 0 Å². The molecule has 0 saturated heterocycles. The number of nitrogens with zero attached hydrogens (tertiary/aromatic N) is 2. The second-order valence-electron chi connectivity index (χ2n) is 6.98. The van der Waals surface area contributed by atoms with Crippen molar-refractivity contribution in [2.45, 2.75) is 45.6 Å². The molecule has 3 aromatic rings. The highest BCUT2D eigenvalue weighted by Crippen LogP contribution is 2.37. The topological polar surface area (TPSA) is 34.9 Å². The van der Waals surface area contributed by atoms with Crippen LogP contribution in [0.25, 0.3) is 11.3 Å². The van der Waals surface area contributed by atoms with E-state index in [1.54, 1.807) is 0 Å². The zero-order chi connectivity index (χ0) is 17.9. The maximum absolute atomic E-state index is 12.9. The normalized spacial score (nSPS) is 13.7. The molecular weight excluding hydrogens is 320 g/mol. The van der Waals surface area contributed by atoms with Gasteiger partial charge in [-0.3, -0.25) is 9.78 Å².